The van der Waals surface area contributed by atoms with Crippen molar-refractivity contribution in [3.05, 3.63) is 39.0 Å². The van der Waals surface area contributed by atoms with Gasteiger partial charge >= 0.3 is 0 Å². The van der Waals surface area contributed by atoms with Crippen LogP contribution in [-0.2, 0) is 11.2 Å². The molecule has 6 heteroatoms. The van der Waals surface area contributed by atoms with Crippen LogP contribution >= 0.6 is 27.3 Å². The molecule has 0 fully saturated rings. The lowest BCUT2D eigenvalue weighted by Gasteiger charge is -2.11. The van der Waals surface area contributed by atoms with Gasteiger partial charge in [-0.05, 0) is 40.2 Å². The number of ether oxygens (including phenoxy) is 2. The number of benzene rings is 1. The van der Waals surface area contributed by atoms with Gasteiger partial charge in [-0.3, -0.25) is 4.79 Å². The molecule has 0 aliphatic rings. The zero-order chi connectivity index (χ0) is 14.5. The lowest BCUT2D eigenvalue weighted by Crippen LogP contribution is -2.14. The van der Waals surface area contributed by atoms with Crippen molar-refractivity contribution in [1.29, 1.82) is 0 Å². The van der Waals surface area contributed by atoms with Gasteiger partial charge in [0.25, 0.3) is 0 Å². The van der Waals surface area contributed by atoms with Crippen LogP contribution in [0, 0.1) is 0 Å². The first-order chi connectivity index (χ1) is 9.62. The third-order valence-electron chi connectivity index (χ3n) is 2.64. The summed E-state index contributed by atoms with van der Waals surface area (Å²) in [5.74, 6) is 1.18. The monoisotopic (exact) mass is 355 g/mol. The normalized spacial score (nSPS) is 10.2. The third-order valence-corrected chi connectivity index (χ3v) is 4.27. The number of rotatable bonds is 5. The Morgan fingerprint density at radius 1 is 1.25 bits per heavy atom. The van der Waals surface area contributed by atoms with E-state index in [4.69, 9.17) is 9.47 Å². The van der Waals surface area contributed by atoms with E-state index in [9.17, 15) is 4.79 Å². The molecule has 0 saturated carbocycles. The summed E-state index contributed by atoms with van der Waals surface area (Å²) in [6, 6.07) is 9.14. The maximum atomic E-state index is 12.0. The second-order valence-corrected chi connectivity index (χ2v) is 6.54. The molecule has 2 aromatic rings. The summed E-state index contributed by atoms with van der Waals surface area (Å²) in [6.07, 6.45) is 0.330. The van der Waals surface area contributed by atoms with Gasteiger partial charge in [-0.25, -0.2) is 0 Å². The first-order valence-electron chi connectivity index (χ1n) is 5.88. The molecule has 2 rings (SSSR count). The number of thiophene rings is 1. The van der Waals surface area contributed by atoms with E-state index in [0.29, 0.717) is 23.6 Å². The van der Waals surface area contributed by atoms with E-state index in [-0.39, 0.29) is 5.91 Å². The highest BCUT2D eigenvalue weighted by Gasteiger charge is 2.10. The Hall–Kier alpha value is -1.53. The highest BCUT2D eigenvalue weighted by Crippen LogP contribution is 2.29. The number of halogens is 1. The highest BCUT2D eigenvalue weighted by atomic mass is 79.9. The van der Waals surface area contributed by atoms with Gasteiger partial charge < -0.3 is 14.8 Å². The lowest BCUT2D eigenvalue weighted by molar-refractivity contribution is -0.115. The van der Waals surface area contributed by atoms with Crippen LogP contribution in [0.3, 0.4) is 0 Å². The Balaban J connectivity index is 2.10. The zero-order valence-electron chi connectivity index (χ0n) is 11.1. The molecule has 1 N–H and O–H groups in total. The number of anilines is 1. The molecule has 1 aromatic carbocycles. The Labute approximate surface area is 129 Å². The van der Waals surface area contributed by atoms with Crippen LogP contribution in [-0.4, -0.2) is 20.1 Å². The first-order valence-corrected chi connectivity index (χ1v) is 7.49. The van der Waals surface area contributed by atoms with Crippen molar-refractivity contribution in [1.82, 2.24) is 0 Å². The van der Waals surface area contributed by atoms with Gasteiger partial charge in [-0.2, -0.15) is 0 Å². The zero-order valence-corrected chi connectivity index (χ0v) is 13.5. The molecule has 1 heterocycles. The molecule has 0 unspecified atom stereocenters. The molecule has 20 heavy (non-hydrogen) atoms. The van der Waals surface area contributed by atoms with Crippen molar-refractivity contribution < 1.29 is 14.3 Å². The summed E-state index contributed by atoms with van der Waals surface area (Å²) in [5, 5.41) is 2.84. The average Bonchev–Trinajstić information content (AvgIpc) is 2.83. The minimum absolute atomic E-state index is 0.0918. The van der Waals surface area contributed by atoms with E-state index < -0.39 is 0 Å². The molecule has 1 amide bonds. The van der Waals surface area contributed by atoms with Crippen LogP contribution in [0.15, 0.2) is 34.1 Å². The van der Waals surface area contributed by atoms with Crippen molar-refractivity contribution in [3.63, 3.8) is 0 Å². The number of carbonyl (C=O) groups is 1. The van der Waals surface area contributed by atoms with Gasteiger partial charge in [-0.15, -0.1) is 11.3 Å². The van der Waals surface area contributed by atoms with Crippen LogP contribution in [0.4, 0.5) is 5.69 Å². The average molecular weight is 356 g/mol. The van der Waals surface area contributed by atoms with Gasteiger partial charge in [0.2, 0.25) is 5.91 Å². The van der Waals surface area contributed by atoms with Gasteiger partial charge in [0, 0.05) is 10.9 Å². The Kier molecular flexibility index (Phi) is 5.03. The largest absolute Gasteiger partial charge is 0.497 e. The lowest BCUT2D eigenvalue weighted by atomic mass is 10.2. The number of carbonyl (C=O) groups excluding carboxylic acids is 1. The molecular weight excluding hydrogens is 342 g/mol. The molecule has 0 bridgehead atoms. The number of nitrogens with one attached hydrogen (secondary N) is 1. The maximum Gasteiger partial charge on any atom is 0.229 e. The predicted octanol–water partition coefficient (Wildman–Crippen LogP) is 3.71. The molecule has 4 nitrogen and oxygen atoms in total. The number of hydrogen-bond acceptors (Lipinski definition) is 4. The Bertz CT molecular complexity index is 612. The van der Waals surface area contributed by atoms with E-state index >= 15 is 0 Å². The minimum Gasteiger partial charge on any atom is -0.497 e. The molecule has 1 aromatic heterocycles. The van der Waals surface area contributed by atoms with Crippen LogP contribution < -0.4 is 14.8 Å². The smallest absolute Gasteiger partial charge is 0.229 e. The van der Waals surface area contributed by atoms with E-state index in [2.05, 4.69) is 21.2 Å². The summed E-state index contributed by atoms with van der Waals surface area (Å²) in [5.41, 5.74) is 0.604. The van der Waals surface area contributed by atoms with Gasteiger partial charge in [0.05, 0.1) is 30.1 Å². The quantitative estimate of drug-likeness (QED) is 0.889. The van der Waals surface area contributed by atoms with Crippen molar-refractivity contribution in [2.24, 2.45) is 0 Å². The number of hydrogen-bond donors (Lipinski definition) is 1. The summed E-state index contributed by atoms with van der Waals surface area (Å²) >= 11 is 4.92. The van der Waals surface area contributed by atoms with Crippen LogP contribution in [0.25, 0.3) is 0 Å². The first kappa shape index (κ1) is 14.9. The molecule has 0 atom stereocenters. The predicted molar refractivity (Wildman–Crippen MR) is 83.9 cm³/mol. The van der Waals surface area contributed by atoms with E-state index in [1.807, 2.05) is 12.1 Å². The number of methoxy groups -OCH3 is 2. The fourth-order valence-corrected chi connectivity index (χ4v) is 3.19. The summed E-state index contributed by atoms with van der Waals surface area (Å²) in [7, 11) is 3.14. The van der Waals surface area contributed by atoms with E-state index in [0.717, 1.165) is 8.66 Å². The van der Waals surface area contributed by atoms with Crippen LogP contribution in [0.2, 0.25) is 0 Å². The van der Waals surface area contributed by atoms with E-state index in [1.165, 1.54) is 0 Å². The molecule has 0 aliphatic carbocycles. The summed E-state index contributed by atoms with van der Waals surface area (Å²) in [6.45, 7) is 0. The van der Waals surface area contributed by atoms with Gasteiger partial charge in [0.15, 0.2) is 0 Å². The second kappa shape index (κ2) is 6.76. The van der Waals surface area contributed by atoms with Gasteiger partial charge in [-0.1, -0.05) is 0 Å². The maximum absolute atomic E-state index is 12.0. The van der Waals surface area contributed by atoms with E-state index in [1.54, 1.807) is 43.8 Å². The molecule has 0 aliphatic heterocycles. The molecule has 0 spiro atoms. The molecule has 0 radical (unpaired) electrons. The van der Waals surface area contributed by atoms with Crippen molar-refractivity contribution in [2.75, 3.05) is 19.5 Å². The van der Waals surface area contributed by atoms with Gasteiger partial charge in [0.1, 0.15) is 11.5 Å². The van der Waals surface area contributed by atoms with Crippen LogP contribution in [0.5, 0.6) is 11.5 Å². The molecule has 0 saturated heterocycles. The Morgan fingerprint density at radius 3 is 2.65 bits per heavy atom. The third kappa shape index (κ3) is 3.74. The highest BCUT2D eigenvalue weighted by molar-refractivity contribution is 9.11. The number of amides is 1. The molecular formula is C14H14BrNO3S. The van der Waals surface area contributed by atoms with Crippen molar-refractivity contribution in [3.8, 4) is 11.5 Å². The van der Waals surface area contributed by atoms with Crippen molar-refractivity contribution >= 4 is 38.9 Å². The summed E-state index contributed by atoms with van der Waals surface area (Å²) in [4.78, 5) is 13.0. The SMILES string of the molecule is COc1ccc(OC)c(NC(=O)Cc2ccc(Br)s2)c1. The second-order valence-electron chi connectivity index (χ2n) is 4.00. The standard InChI is InChI=1S/C14H14BrNO3S/c1-18-9-3-5-12(19-2)11(7-9)16-14(17)8-10-4-6-13(15)20-10/h3-7H,8H2,1-2H3,(H,16,17). The van der Waals surface area contributed by atoms with Crippen molar-refractivity contribution in [2.45, 2.75) is 6.42 Å². The minimum atomic E-state index is -0.0918. The summed E-state index contributed by atoms with van der Waals surface area (Å²) < 4.78 is 11.4. The fraction of sp³-hybridized carbons (Fsp3) is 0.214. The van der Waals surface area contributed by atoms with Crippen LogP contribution in [0.1, 0.15) is 4.88 Å². The molecule has 106 valence electrons. The topological polar surface area (TPSA) is 47.6 Å². The fourth-order valence-electron chi connectivity index (χ4n) is 1.71. The Morgan fingerprint density at radius 2 is 2.05 bits per heavy atom.